The Morgan fingerprint density at radius 1 is 0.246 bits per heavy atom. The van der Waals surface area contributed by atoms with Gasteiger partial charge in [0.05, 0.1) is 5.52 Å². The minimum atomic E-state index is -0.0345. The van der Waals surface area contributed by atoms with Gasteiger partial charge in [-0.1, -0.05) is 170 Å². The second-order valence-electron chi connectivity index (χ2n) is 15.1. The summed E-state index contributed by atoms with van der Waals surface area (Å²) < 4.78 is 1.96. The van der Waals surface area contributed by atoms with Crippen LogP contribution in [0.15, 0.2) is 205 Å². The molecular formula is C55H33NO. The number of hydrogen-bond acceptors (Lipinski definition) is 1. The summed E-state index contributed by atoms with van der Waals surface area (Å²) >= 11 is 0. The standard InChI is InChI=1S/C55H33NO/c57-55-49-28-14-13-27-47(49)53-32-51-45-25-11-8-21-41(45)37-17-3-4-18-38(37)42-22-9-12-26-46(42)52(51)33-54(53)56(55)34-29-30-48-43-23-6-5-19-39(43)35-15-1-2-16-36(35)40-20-7-10-24-44(40)50(48)31-34/h1-33H. The van der Waals surface area contributed by atoms with Crippen molar-refractivity contribution in [1.29, 1.82) is 0 Å². The molecule has 0 saturated carbocycles. The Balaban J connectivity index is 1.20. The average molecular weight is 724 g/mol. The molecule has 2 nitrogen and oxygen atoms in total. The Labute approximate surface area is 330 Å². The van der Waals surface area contributed by atoms with Crippen molar-refractivity contribution in [3.8, 4) is 94.7 Å². The number of nitrogens with zero attached hydrogens (tertiary/aromatic N) is 1. The van der Waals surface area contributed by atoms with Gasteiger partial charge in [0.1, 0.15) is 0 Å². The van der Waals surface area contributed by atoms with Crippen LogP contribution in [-0.2, 0) is 0 Å². The molecule has 12 rings (SSSR count). The first-order valence-corrected chi connectivity index (χ1v) is 19.6. The van der Waals surface area contributed by atoms with Crippen molar-refractivity contribution in [3.05, 3.63) is 211 Å². The van der Waals surface area contributed by atoms with Crippen LogP contribution in [0.25, 0.3) is 116 Å². The summed E-state index contributed by atoms with van der Waals surface area (Å²) in [5.74, 6) is 0. The zero-order valence-corrected chi connectivity index (χ0v) is 30.9. The first-order chi connectivity index (χ1) is 28.2. The molecule has 0 radical (unpaired) electrons. The van der Waals surface area contributed by atoms with Crippen LogP contribution in [0.2, 0.25) is 0 Å². The van der Waals surface area contributed by atoms with E-state index in [-0.39, 0.29) is 5.56 Å². The van der Waals surface area contributed by atoms with E-state index in [4.69, 9.17) is 0 Å². The molecule has 0 atom stereocenters. The first-order valence-electron chi connectivity index (χ1n) is 19.6. The van der Waals surface area contributed by atoms with Crippen molar-refractivity contribution in [2.24, 2.45) is 0 Å². The molecule has 2 aliphatic carbocycles. The maximum Gasteiger partial charge on any atom is 0.263 e. The molecule has 1 heterocycles. The molecule has 0 aliphatic heterocycles. The van der Waals surface area contributed by atoms with E-state index >= 15 is 4.79 Å². The molecule has 0 amide bonds. The predicted molar refractivity (Wildman–Crippen MR) is 238 cm³/mol. The van der Waals surface area contributed by atoms with Crippen LogP contribution >= 0.6 is 0 Å². The summed E-state index contributed by atoms with van der Waals surface area (Å²) in [5, 5.41) is 2.68. The molecular weight excluding hydrogens is 691 g/mol. The molecule has 1 aromatic heterocycles. The van der Waals surface area contributed by atoms with Gasteiger partial charge in [0.2, 0.25) is 0 Å². The fourth-order valence-corrected chi connectivity index (χ4v) is 9.67. The molecule has 264 valence electrons. The van der Waals surface area contributed by atoms with E-state index in [1.165, 1.54) is 55.6 Å². The highest BCUT2D eigenvalue weighted by Gasteiger charge is 2.26. The van der Waals surface area contributed by atoms with Gasteiger partial charge in [-0.05, 0) is 125 Å². The maximum absolute atomic E-state index is 15.1. The monoisotopic (exact) mass is 723 g/mol. The smallest absolute Gasteiger partial charge is 0.263 e. The van der Waals surface area contributed by atoms with Gasteiger partial charge in [0, 0.05) is 16.5 Å². The van der Waals surface area contributed by atoms with Gasteiger partial charge in [0.25, 0.3) is 5.56 Å². The highest BCUT2D eigenvalue weighted by Crippen LogP contribution is 2.50. The Bertz CT molecular complexity index is 3380. The molecule has 57 heavy (non-hydrogen) atoms. The van der Waals surface area contributed by atoms with E-state index in [9.17, 15) is 0 Å². The van der Waals surface area contributed by atoms with Crippen LogP contribution in [-0.4, -0.2) is 4.57 Å². The highest BCUT2D eigenvalue weighted by molar-refractivity contribution is 6.13. The third-order valence-corrected chi connectivity index (χ3v) is 12.2. The van der Waals surface area contributed by atoms with E-state index in [1.807, 2.05) is 22.8 Å². The zero-order chi connectivity index (χ0) is 37.6. The quantitative estimate of drug-likeness (QED) is 0.155. The van der Waals surface area contributed by atoms with E-state index < -0.39 is 0 Å². The van der Waals surface area contributed by atoms with Gasteiger partial charge in [-0.2, -0.15) is 0 Å². The molecule has 2 heteroatoms. The van der Waals surface area contributed by atoms with Gasteiger partial charge in [-0.3, -0.25) is 9.36 Å². The van der Waals surface area contributed by atoms with Gasteiger partial charge in [-0.25, -0.2) is 0 Å². The number of rotatable bonds is 1. The van der Waals surface area contributed by atoms with Crippen LogP contribution in [0.4, 0.5) is 0 Å². The first kappa shape index (κ1) is 31.8. The van der Waals surface area contributed by atoms with Gasteiger partial charge in [0.15, 0.2) is 0 Å². The van der Waals surface area contributed by atoms with Crippen LogP contribution in [0, 0.1) is 0 Å². The Morgan fingerprint density at radius 2 is 0.544 bits per heavy atom. The Kier molecular flexibility index (Phi) is 6.81. The maximum atomic E-state index is 15.1. The number of pyridine rings is 1. The van der Waals surface area contributed by atoms with Crippen molar-refractivity contribution in [3.63, 3.8) is 0 Å². The summed E-state index contributed by atoms with van der Waals surface area (Å²) in [6.07, 6.45) is 0. The Morgan fingerprint density at radius 3 is 0.947 bits per heavy atom. The number of aromatic nitrogens is 1. The molecule has 10 aromatic rings. The van der Waals surface area contributed by atoms with Crippen molar-refractivity contribution in [1.82, 2.24) is 4.57 Å². The lowest BCUT2D eigenvalue weighted by Gasteiger charge is -2.25. The normalized spacial score (nSPS) is 11.9. The van der Waals surface area contributed by atoms with Crippen molar-refractivity contribution < 1.29 is 0 Å². The van der Waals surface area contributed by atoms with E-state index in [0.717, 1.165) is 55.4 Å². The highest BCUT2D eigenvalue weighted by atomic mass is 16.1. The van der Waals surface area contributed by atoms with Crippen LogP contribution in [0.3, 0.4) is 0 Å². The van der Waals surface area contributed by atoms with Crippen LogP contribution in [0.5, 0.6) is 0 Å². The van der Waals surface area contributed by atoms with Crippen LogP contribution < -0.4 is 5.56 Å². The minimum Gasteiger partial charge on any atom is -0.276 e. The zero-order valence-electron chi connectivity index (χ0n) is 30.9. The SMILES string of the molecule is O=c1c2ccccc2c2cc3c(cc2n1-c1ccc2c(c1)-c1ccccc1-c1ccccc1-c1ccccc1-2)-c1ccccc1-c1ccccc1-c1ccccc1-3. The largest absolute Gasteiger partial charge is 0.276 e. The van der Waals surface area contributed by atoms with Crippen LogP contribution in [0.1, 0.15) is 0 Å². The lowest BCUT2D eigenvalue weighted by molar-refractivity contribution is 1.06. The fourth-order valence-electron chi connectivity index (χ4n) is 9.67. The third kappa shape index (κ3) is 4.62. The van der Waals surface area contributed by atoms with E-state index in [0.29, 0.717) is 5.39 Å². The molecule has 0 saturated heterocycles. The minimum absolute atomic E-state index is 0.0345. The fraction of sp³-hybridized carbons (Fsp3) is 0. The molecule has 0 bridgehead atoms. The van der Waals surface area contributed by atoms with Gasteiger partial charge in [-0.15, -0.1) is 0 Å². The third-order valence-electron chi connectivity index (χ3n) is 12.2. The Hall–Kier alpha value is -7.55. The predicted octanol–water partition coefficient (Wildman–Crippen LogP) is 14.1. The van der Waals surface area contributed by atoms with Crippen molar-refractivity contribution in [2.45, 2.75) is 0 Å². The summed E-state index contributed by atoms with van der Waals surface area (Å²) in [6, 6.07) is 71.5. The molecule has 0 unspecified atom stereocenters. The number of fused-ring (bicyclic) bond motifs is 19. The second-order valence-corrected chi connectivity index (χ2v) is 15.1. The number of hydrogen-bond donors (Lipinski definition) is 0. The molecule has 0 N–H and O–H groups in total. The topological polar surface area (TPSA) is 22.0 Å². The van der Waals surface area contributed by atoms with Gasteiger partial charge >= 0.3 is 0 Å². The summed E-state index contributed by atoms with van der Waals surface area (Å²) in [5.41, 5.74) is 20.4. The lowest BCUT2D eigenvalue weighted by Crippen LogP contribution is -2.19. The van der Waals surface area contributed by atoms with E-state index in [2.05, 4.69) is 182 Å². The summed E-state index contributed by atoms with van der Waals surface area (Å²) in [4.78, 5) is 15.1. The van der Waals surface area contributed by atoms with Crippen molar-refractivity contribution >= 4 is 21.7 Å². The second kappa shape index (κ2) is 12.2. The van der Waals surface area contributed by atoms with Gasteiger partial charge < -0.3 is 0 Å². The van der Waals surface area contributed by atoms with Crippen molar-refractivity contribution in [2.75, 3.05) is 0 Å². The molecule has 0 fully saturated rings. The summed E-state index contributed by atoms with van der Waals surface area (Å²) in [6.45, 7) is 0. The van der Waals surface area contributed by atoms with E-state index in [1.54, 1.807) is 0 Å². The lowest BCUT2D eigenvalue weighted by atomic mass is 9.80. The summed E-state index contributed by atoms with van der Waals surface area (Å²) in [7, 11) is 0. The molecule has 2 aliphatic rings. The average Bonchev–Trinajstić information content (AvgIpc) is 3.28. The molecule has 9 aromatic carbocycles. The number of benzene rings is 9. The molecule has 0 spiro atoms.